The number of aliphatic hydroxyl groups excluding tert-OH is 1. The molecular formula is C9H12F3N3O2. The first kappa shape index (κ1) is 13.5. The fraction of sp³-hybridized carbons (Fsp3) is 0.556. The van der Waals surface area contributed by atoms with E-state index in [2.05, 4.69) is 10.4 Å². The van der Waals surface area contributed by atoms with Gasteiger partial charge in [0.05, 0.1) is 6.10 Å². The molecular weight excluding hydrogens is 239 g/mol. The number of aliphatic hydroxyl groups is 1. The van der Waals surface area contributed by atoms with E-state index >= 15 is 0 Å². The van der Waals surface area contributed by atoms with Gasteiger partial charge in [0.25, 0.3) is 0 Å². The standard InChI is InChI=1S/C9H12F3N3O2/c1-6(16)4-13-8(17)5-15-3-2-7(14-15)9(10,11)12/h2-3,6,16H,4-5H2,1H3,(H,13,17)/t6-/m1/s1. The van der Waals surface area contributed by atoms with Gasteiger partial charge in [0.15, 0.2) is 5.69 Å². The first-order valence-electron chi connectivity index (χ1n) is 4.84. The lowest BCUT2D eigenvalue weighted by atomic mass is 10.4. The molecule has 0 radical (unpaired) electrons. The topological polar surface area (TPSA) is 67.2 Å². The largest absolute Gasteiger partial charge is 0.435 e. The van der Waals surface area contributed by atoms with Crippen molar-refractivity contribution in [3.8, 4) is 0 Å². The third-order valence-electron chi connectivity index (χ3n) is 1.83. The second-order valence-electron chi connectivity index (χ2n) is 3.55. The predicted molar refractivity (Wildman–Crippen MR) is 51.9 cm³/mol. The van der Waals surface area contributed by atoms with Crippen molar-refractivity contribution >= 4 is 5.91 Å². The van der Waals surface area contributed by atoms with Gasteiger partial charge in [0.1, 0.15) is 6.54 Å². The van der Waals surface area contributed by atoms with Crippen LogP contribution in [0.5, 0.6) is 0 Å². The Morgan fingerprint density at radius 3 is 2.76 bits per heavy atom. The maximum absolute atomic E-state index is 12.2. The Balaban J connectivity index is 2.52. The highest BCUT2D eigenvalue weighted by Crippen LogP contribution is 2.27. The molecule has 0 aliphatic carbocycles. The summed E-state index contributed by atoms with van der Waals surface area (Å²) in [6, 6.07) is 0.794. The number of nitrogens with one attached hydrogen (secondary N) is 1. The maximum Gasteiger partial charge on any atom is 0.435 e. The van der Waals surface area contributed by atoms with Crippen LogP contribution in [-0.4, -0.2) is 33.4 Å². The average Bonchev–Trinajstić information content (AvgIpc) is 2.62. The summed E-state index contributed by atoms with van der Waals surface area (Å²) in [6.45, 7) is 1.21. The van der Waals surface area contributed by atoms with Crippen LogP contribution in [0.15, 0.2) is 12.3 Å². The van der Waals surface area contributed by atoms with E-state index in [1.807, 2.05) is 0 Å². The normalized spacial score (nSPS) is 13.5. The highest BCUT2D eigenvalue weighted by atomic mass is 19.4. The minimum Gasteiger partial charge on any atom is -0.392 e. The van der Waals surface area contributed by atoms with Crippen molar-refractivity contribution in [2.45, 2.75) is 25.7 Å². The molecule has 0 aliphatic rings. The van der Waals surface area contributed by atoms with Crippen LogP contribution in [0.25, 0.3) is 0 Å². The number of carbonyl (C=O) groups excluding carboxylic acids is 1. The molecule has 1 rings (SSSR count). The zero-order valence-corrected chi connectivity index (χ0v) is 9.03. The summed E-state index contributed by atoms with van der Waals surface area (Å²) < 4.78 is 37.4. The second kappa shape index (κ2) is 5.17. The zero-order valence-electron chi connectivity index (χ0n) is 9.03. The van der Waals surface area contributed by atoms with Crippen molar-refractivity contribution in [3.63, 3.8) is 0 Å². The molecule has 96 valence electrons. The Bertz CT molecular complexity index is 387. The van der Waals surface area contributed by atoms with Gasteiger partial charge in [-0.3, -0.25) is 9.48 Å². The SMILES string of the molecule is C[C@@H](O)CNC(=O)Cn1ccc(C(F)(F)F)n1. The smallest absolute Gasteiger partial charge is 0.392 e. The fourth-order valence-corrected chi connectivity index (χ4v) is 1.07. The fourth-order valence-electron chi connectivity index (χ4n) is 1.07. The summed E-state index contributed by atoms with van der Waals surface area (Å²) in [5.74, 6) is -0.511. The Kier molecular flexibility index (Phi) is 4.11. The lowest BCUT2D eigenvalue weighted by Gasteiger charge is -2.07. The molecule has 0 saturated heterocycles. The van der Waals surface area contributed by atoms with Gasteiger partial charge in [-0.15, -0.1) is 0 Å². The number of hydrogen-bond donors (Lipinski definition) is 2. The van der Waals surface area contributed by atoms with Crippen molar-refractivity contribution in [2.24, 2.45) is 0 Å². The molecule has 0 spiro atoms. The third kappa shape index (κ3) is 4.43. The number of amides is 1. The van der Waals surface area contributed by atoms with Crippen LogP contribution in [0.4, 0.5) is 13.2 Å². The van der Waals surface area contributed by atoms with E-state index in [-0.39, 0.29) is 13.1 Å². The van der Waals surface area contributed by atoms with Crippen LogP contribution in [0.3, 0.4) is 0 Å². The number of hydrogen-bond acceptors (Lipinski definition) is 3. The minimum absolute atomic E-state index is 0.0478. The third-order valence-corrected chi connectivity index (χ3v) is 1.83. The molecule has 0 bridgehead atoms. The highest BCUT2D eigenvalue weighted by molar-refractivity contribution is 5.75. The van der Waals surface area contributed by atoms with Gasteiger partial charge in [-0.05, 0) is 13.0 Å². The Labute approximate surface area is 95.2 Å². The van der Waals surface area contributed by atoms with E-state index in [0.717, 1.165) is 16.9 Å². The van der Waals surface area contributed by atoms with Gasteiger partial charge in [0, 0.05) is 12.7 Å². The van der Waals surface area contributed by atoms with Crippen LogP contribution in [-0.2, 0) is 17.5 Å². The molecule has 0 aromatic carbocycles. The van der Waals surface area contributed by atoms with Gasteiger partial charge in [-0.1, -0.05) is 0 Å². The molecule has 1 aromatic rings. The molecule has 0 fully saturated rings. The van der Waals surface area contributed by atoms with Gasteiger partial charge in [-0.2, -0.15) is 18.3 Å². The minimum atomic E-state index is -4.51. The first-order valence-corrected chi connectivity index (χ1v) is 4.84. The van der Waals surface area contributed by atoms with Gasteiger partial charge >= 0.3 is 6.18 Å². The summed E-state index contributed by atoms with van der Waals surface area (Å²) in [5, 5.41) is 14.5. The van der Waals surface area contributed by atoms with E-state index in [1.54, 1.807) is 0 Å². The van der Waals surface area contributed by atoms with Gasteiger partial charge in [-0.25, -0.2) is 0 Å². The number of nitrogens with zero attached hydrogens (tertiary/aromatic N) is 2. The quantitative estimate of drug-likeness (QED) is 0.814. The summed E-state index contributed by atoms with van der Waals surface area (Å²) in [5.41, 5.74) is -1.04. The zero-order chi connectivity index (χ0) is 13.1. The lowest BCUT2D eigenvalue weighted by molar-refractivity contribution is -0.141. The molecule has 0 aliphatic heterocycles. The van der Waals surface area contributed by atoms with Crippen molar-refractivity contribution < 1.29 is 23.1 Å². The average molecular weight is 251 g/mol. The highest BCUT2D eigenvalue weighted by Gasteiger charge is 2.33. The van der Waals surface area contributed by atoms with Crippen molar-refractivity contribution in [2.75, 3.05) is 6.54 Å². The molecule has 1 amide bonds. The van der Waals surface area contributed by atoms with Crippen molar-refractivity contribution in [1.82, 2.24) is 15.1 Å². The molecule has 5 nitrogen and oxygen atoms in total. The molecule has 17 heavy (non-hydrogen) atoms. The van der Waals surface area contributed by atoms with Crippen LogP contribution < -0.4 is 5.32 Å². The maximum atomic E-state index is 12.2. The molecule has 1 aromatic heterocycles. The van der Waals surface area contributed by atoms with Gasteiger partial charge < -0.3 is 10.4 Å². The predicted octanol–water partition coefficient (Wildman–Crippen LogP) is 0.399. The van der Waals surface area contributed by atoms with Crippen LogP contribution in [0.1, 0.15) is 12.6 Å². The van der Waals surface area contributed by atoms with Gasteiger partial charge in [0.2, 0.25) is 5.91 Å². The Morgan fingerprint density at radius 2 is 2.29 bits per heavy atom. The first-order chi connectivity index (χ1) is 7.79. The summed E-state index contributed by atoms with van der Waals surface area (Å²) in [6.07, 6.45) is -4.14. The van der Waals surface area contributed by atoms with Crippen molar-refractivity contribution in [1.29, 1.82) is 0 Å². The van der Waals surface area contributed by atoms with Crippen molar-refractivity contribution in [3.05, 3.63) is 18.0 Å². The van der Waals surface area contributed by atoms with E-state index < -0.39 is 23.9 Å². The number of alkyl halides is 3. The Hall–Kier alpha value is -1.57. The number of aromatic nitrogens is 2. The molecule has 0 unspecified atom stereocenters. The lowest BCUT2D eigenvalue weighted by Crippen LogP contribution is -2.33. The van der Waals surface area contributed by atoms with E-state index in [0.29, 0.717) is 0 Å². The van der Waals surface area contributed by atoms with Crippen LogP contribution >= 0.6 is 0 Å². The molecule has 1 atom stereocenters. The summed E-state index contributed by atoms with van der Waals surface area (Å²) >= 11 is 0. The molecule has 2 N–H and O–H groups in total. The monoisotopic (exact) mass is 251 g/mol. The Morgan fingerprint density at radius 1 is 1.65 bits per heavy atom. The molecule has 1 heterocycles. The summed E-state index contributed by atoms with van der Waals surface area (Å²) in [7, 11) is 0. The van der Waals surface area contributed by atoms with E-state index in [9.17, 15) is 18.0 Å². The van der Waals surface area contributed by atoms with E-state index in [4.69, 9.17) is 5.11 Å². The number of halogens is 3. The molecule has 0 saturated carbocycles. The second-order valence-corrected chi connectivity index (χ2v) is 3.55. The van der Waals surface area contributed by atoms with Crippen LogP contribution in [0, 0.1) is 0 Å². The number of carbonyl (C=O) groups is 1. The summed E-state index contributed by atoms with van der Waals surface area (Å²) in [4.78, 5) is 11.2. The van der Waals surface area contributed by atoms with Crippen LogP contribution in [0.2, 0.25) is 0 Å². The van der Waals surface area contributed by atoms with E-state index in [1.165, 1.54) is 6.92 Å². The molecule has 8 heteroatoms. The number of rotatable bonds is 4.